The Bertz CT molecular complexity index is 1060. The molecule has 0 radical (unpaired) electrons. The Labute approximate surface area is 348 Å². The van der Waals surface area contributed by atoms with Crippen molar-refractivity contribution in [1.82, 2.24) is 4.90 Å². The minimum atomic E-state index is -0.620. The van der Waals surface area contributed by atoms with E-state index in [1.54, 1.807) is 35.0 Å². The largest absolute Gasteiger partial charge is 0.472 e. The van der Waals surface area contributed by atoms with E-state index in [9.17, 15) is 14.4 Å². The van der Waals surface area contributed by atoms with Crippen molar-refractivity contribution in [3.8, 4) is 0 Å². The van der Waals surface area contributed by atoms with Gasteiger partial charge in [-0.2, -0.15) is 0 Å². The number of ketones is 3. The molecule has 0 amide bonds. The monoisotopic (exact) mass is 820 g/mol. The van der Waals surface area contributed by atoms with Crippen LogP contribution >= 0.6 is 0 Å². The molecule has 0 aromatic heterocycles. The molecule has 0 aromatic carbocycles. The first-order valence-corrected chi connectivity index (χ1v) is 20.4. The Kier molecular flexibility index (Phi) is 44.4. The minimum Gasteiger partial charge on any atom is -0.472 e. The molecule has 3 rings (SSSR count). The van der Waals surface area contributed by atoms with E-state index >= 15 is 0 Å². The van der Waals surface area contributed by atoms with Gasteiger partial charge >= 0.3 is 6.48 Å². The van der Waals surface area contributed by atoms with Gasteiger partial charge < -0.3 is 38.1 Å². The molecule has 1 heterocycles. The molecule has 13 heteroatoms. The number of allylic oxidation sites excluding steroid dienone is 6. The quantitative estimate of drug-likeness (QED) is 0.0738. The Morgan fingerprint density at radius 1 is 0.632 bits per heavy atom. The van der Waals surface area contributed by atoms with Crippen LogP contribution in [0.1, 0.15) is 134 Å². The number of rotatable bonds is 18. The van der Waals surface area contributed by atoms with Crippen LogP contribution in [-0.2, 0) is 57.0 Å². The summed E-state index contributed by atoms with van der Waals surface area (Å²) in [5, 5.41) is 0. The van der Waals surface area contributed by atoms with E-state index in [1.807, 2.05) is 41.5 Å². The van der Waals surface area contributed by atoms with Gasteiger partial charge in [0.05, 0.1) is 23.7 Å². The highest BCUT2D eigenvalue weighted by molar-refractivity contribution is 5.88. The zero-order valence-electron chi connectivity index (χ0n) is 39.2. The van der Waals surface area contributed by atoms with Crippen molar-refractivity contribution in [2.45, 2.75) is 147 Å². The van der Waals surface area contributed by atoms with Crippen LogP contribution in [0.5, 0.6) is 0 Å². The fourth-order valence-electron chi connectivity index (χ4n) is 5.26. The molecule has 1 aliphatic heterocycles. The Morgan fingerprint density at radius 3 is 1.40 bits per heavy atom. The lowest BCUT2D eigenvalue weighted by molar-refractivity contribution is -0.410. The summed E-state index contributed by atoms with van der Waals surface area (Å²) in [6.45, 7) is 24.0. The van der Waals surface area contributed by atoms with E-state index in [4.69, 9.17) is 37.9 Å². The molecule has 3 aliphatic rings. The molecule has 57 heavy (non-hydrogen) atoms. The topological polar surface area (TPSA) is 138 Å². The van der Waals surface area contributed by atoms with Crippen LogP contribution in [0.3, 0.4) is 0 Å². The molecule has 13 nitrogen and oxygen atoms in total. The lowest BCUT2D eigenvalue weighted by Crippen LogP contribution is -2.32. The van der Waals surface area contributed by atoms with E-state index in [1.165, 1.54) is 104 Å². The van der Waals surface area contributed by atoms with Gasteiger partial charge in [0, 0.05) is 52.7 Å². The average molecular weight is 820 g/mol. The van der Waals surface area contributed by atoms with Gasteiger partial charge in [0.1, 0.15) is 5.76 Å². The number of hydrogen-bond acceptors (Lipinski definition) is 13. The van der Waals surface area contributed by atoms with Crippen molar-refractivity contribution < 1.29 is 57.0 Å². The molecule has 0 unspecified atom stereocenters. The zero-order valence-corrected chi connectivity index (χ0v) is 39.2. The molecule has 338 valence electrons. The highest BCUT2D eigenvalue weighted by Gasteiger charge is 2.20. The van der Waals surface area contributed by atoms with Crippen LogP contribution in [0.25, 0.3) is 0 Å². The lowest BCUT2D eigenvalue weighted by Gasteiger charge is -2.26. The average Bonchev–Trinajstić information content (AvgIpc) is 3.82. The number of hydrogen-bond donors (Lipinski definition) is 0. The first-order valence-electron chi connectivity index (χ1n) is 20.4. The van der Waals surface area contributed by atoms with E-state index in [0.717, 1.165) is 18.4 Å². The van der Waals surface area contributed by atoms with Crippen molar-refractivity contribution in [3.63, 3.8) is 0 Å². The predicted octanol–water partition coefficient (Wildman–Crippen LogP) is 9.39. The lowest BCUT2D eigenvalue weighted by atomic mass is 10.1. The van der Waals surface area contributed by atoms with Crippen molar-refractivity contribution in [3.05, 3.63) is 35.5 Å². The Hall–Kier alpha value is -2.65. The maximum atomic E-state index is 10.7. The maximum Gasteiger partial charge on any atom is 0.319 e. The van der Waals surface area contributed by atoms with Crippen LogP contribution in [0.15, 0.2) is 35.5 Å². The van der Waals surface area contributed by atoms with Gasteiger partial charge in [0.25, 0.3) is 0 Å². The molecule has 0 aromatic rings. The number of ether oxygens (including phenoxy) is 9. The third-order valence-corrected chi connectivity index (χ3v) is 7.52. The molecule has 2 saturated carbocycles. The van der Waals surface area contributed by atoms with Crippen LogP contribution in [0.4, 0.5) is 0 Å². The van der Waals surface area contributed by atoms with Gasteiger partial charge in [-0.05, 0) is 107 Å². The summed E-state index contributed by atoms with van der Waals surface area (Å²) >= 11 is 0. The zero-order chi connectivity index (χ0) is 44.7. The molecule has 0 N–H and O–H groups in total. The van der Waals surface area contributed by atoms with Gasteiger partial charge in [-0.25, -0.2) is 0 Å². The fraction of sp³-hybridized carbons (Fsp3) is 0.795. The summed E-state index contributed by atoms with van der Waals surface area (Å²) in [6, 6.07) is 0. The number of methoxy groups -OCH3 is 3. The van der Waals surface area contributed by atoms with Gasteiger partial charge in [0.15, 0.2) is 37.7 Å². The van der Waals surface area contributed by atoms with E-state index in [-0.39, 0.29) is 43.3 Å². The normalized spacial score (nSPS) is 15.8. The summed E-state index contributed by atoms with van der Waals surface area (Å²) in [4.78, 5) is 33.9. The van der Waals surface area contributed by atoms with Crippen molar-refractivity contribution in [2.75, 3.05) is 75.6 Å². The second-order valence-corrected chi connectivity index (χ2v) is 14.1. The minimum absolute atomic E-state index is 0.0198. The number of carbonyl (C=O) groups is 3. The third kappa shape index (κ3) is 45.9. The summed E-state index contributed by atoms with van der Waals surface area (Å²) in [5.41, 5.74) is -0.384. The van der Waals surface area contributed by atoms with Crippen LogP contribution < -0.4 is 0 Å². The summed E-state index contributed by atoms with van der Waals surface area (Å²) in [7, 11) is 9.27. The van der Waals surface area contributed by atoms with Crippen LogP contribution in [0.2, 0.25) is 0 Å². The van der Waals surface area contributed by atoms with Gasteiger partial charge in [-0.3, -0.25) is 23.9 Å². The molecule has 1 saturated heterocycles. The van der Waals surface area contributed by atoms with Crippen molar-refractivity contribution in [1.29, 1.82) is 0 Å². The second kappa shape index (κ2) is 41.5. The number of carbonyl (C=O) groups excluding carboxylic acids is 3. The molecular formula is C44H85NO12. The highest BCUT2D eigenvalue weighted by Crippen LogP contribution is 2.25. The van der Waals surface area contributed by atoms with E-state index < -0.39 is 6.48 Å². The van der Waals surface area contributed by atoms with E-state index in [0.29, 0.717) is 23.9 Å². The van der Waals surface area contributed by atoms with Gasteiger partial charge in [-0.1, -0.05) is 53.4 Å². The maximum absolute atomic E-state index is 10.7. The second-order valence-electron chi connectivity index (χ2n) is 14.1. The summed E-state index contributed by atoms with van der Waals surface area (Å²) < 4.78 is 44.7. The fourth-order valence-corrected chi connectivity index (χ4v) is 5.26. The van der Waals surface area contributed by atoms with Crippen molar-refractivity contribution in [2.24, 2.45) is 11.8 Å². The highest BCUT2D eigenvalue weighted by atomic mass is 17.0. The first-order chi connectivity index (χ1) is 26.9. The van der Waals surface area contributed by atoms with Gasteiger partial charge in [-0.15, -0.1) is 0 Å². The molecule has 3 fully saturated rings. The molecular weight excluding hydrogens is 734 g/mol. The summed E-state index contributed by atoms with van der Waals surface area (Å²) in [6.07, 6.45) is 15.7. The molecule has 0 spiro atoms. The predicted molar refractivity (Wildman–Crippen MR) is 228 cm³/mol. The smallest absolute Gasteiger partial charge is 0.319 e. The van der Waals surface area contributed by atoms with Crippen molar-refractivity contribution >= 4 is 17.3 Å². The summed E-state index contributed by atoms with van der Waals surface area (Å²) in [5.74, 6) is 3.42. The Morgan fingerprint density at radius 2 is 1.05 bits per heavy atom. The number of nitrogens with zero attached hydrogens (tertiary/aromatic N) is 1. The SMILES string of the molecule is CC.CC.CC(=O)/C=C(/C)OC1OCO1.CN(C)CC1CCCC1.COCC(C)(C)OCO/C(C)=C\C(C)=O.COCC1CCCC1.COCO/C(C)=C\C(C)=O. The molecule has 0 bridgehead atoms. The molecule has 2 aliphatic carbocycles. The molecule has 0 atom stereocenters. The third-order valence-electron chi connectivity index (χ3n) is 7.52. The first kappa shape index (κ1) is 61.0. The standard InChI is InChI=1S/C11H20O4.C8H17N.C7H10O4.C7H12O3.C7H14O.2C2H6/c1-9(12)6-10(2)14-8-15-11(3,4)7-13-5;1-9(2)7-8-5-3-4-6-8;1-5(8)3-6(2)11-7-9-4-10-7;1-6(8)4-7(2)10-5-9-3;1-8-6-7-4-2-3-5-7;2*1-2/h6H,7-8H2,1-5H3;8H,3-7H2,1-2H3;3,7H,4H2,1-2H3;4H,5H2,1-3H3;7H,2-6H2,1H3;2*1-2H3/b10-6-;;6-3-;7-4-;;;. The van der Waals surface area contributed by atoms with Crippen LogP contribution in [0, 0.1) is 11.8 Å². The van der Waals surface area contributed by atoms with Crippen LogP contribution in [-0.4, -0.2) is 110 Å². The Balaban J connectivity index is -0.000000305. The van der Waals surface area contributed by atoms with Gasteiger partial charge in [0.2, 0.25) is 0 Å². The van der Waals surface area contributed by atoms with E-state index in [2.05, 4.69) is 23.7 Å².